The Hall–Kier alpha value is -3.31. The summed E-state index contributed by atoms with van der Waals surface area (Å²) in [4.78, 5) is 40.4. The monoisotopic (exact) mass is 606 g/mol. The van der Waals surface area contributed by atoms with Crippen molar-refractivity contribution in [1.82, 2.24) is 14.4 Å². The van der Waals surface area contributed by atoms with Crippen LogP contribution in [0.2, 0.25) is 0 Å². The molecule has 1 saturated heterocycles. The number of methoxy groups -OCH3 is 1. The van der Waals surface area contributed by atoms with Crippen LogP contribution < -0.4 is 10.9 Å². The molecule has 4 rings (SSSR count). The highest BCUT2D eigenvalue weighted by Crippen LogP contribution is 2.33. The number of ether oxygens (including phenoxy) is 1. The van der Waals surface area contributed by atoms with Gasteiger partial charge in [0.2, 0.25) is 12.2 Å². The number of carbonyl (C=O) groups is 2. The number of unbranched alkanes of at least 4 members (excludes halogenated alkanes) is 1. The van der Waals surface area contributed by atoms with Crippen molar-refractivity contribution in [2.75, 3.05) is 38.6 Å². The van der Waals surface area contributed by atoms with E-state index in [9.17, 15) is 23.9 Å². The number of hydrogen-bond acceptors (Lipinski definition) is 6. The molecule has 9 nitrogen and oxygen atoms in total. The van der Waals surface area contributed by atoms with E-state index in [2.05, 4.69) is 5.32 Å². The Kier molecular flexibility index (Phi) is 12.9. The number of anilines is 2. The average Bonchev–Trinajstić information content (AvgIpc) is 3.44. The molecular formula is C32H48F2N4O5. The second-order valence-electron chi connectivity index (χ2n) is 11.8. The molecular weight excluding hydrogens is 558 g/mol. The number of pyridine rings is 1. The molecule has 0 bridgehead atoms. The molecule has 0 radical (unpaired) electrons. The van der Waals surface area contributed by atoms with Gasteiger partial charge < -0.3 is 29.5 Å². The van der Waals surface area contributed by atoms with Gasteiger partial charge in [-0.05, 0) is 64.7 Å². The molecule has 1 aromatic carbocycles. The van der Waals surface area contributed by atoms with Gasteiger partial charge in [0.15, 0.2) is 0 Å². The number of rotatable bonds is 9. The first-order valence-corrected chi connectivity index (χ1v) is 15.0. The second-order valence-corrected chi connectivity index (χ2v) is 11.8. The molecule has 11 heteroatoms. The Morgan fingerprint density at radius 2 is 1.86 bits per heavy atom. The molecule has 1 aromatic heterocycles. The van der Waals surface area contributed by atoms with Crippen LogP contribution in [0.15, 0.2) is 23.0 Å². The molecule has 2 aromatic rings. The number of likely N-dealkylation sites (tertiary alicyclic amines) is 1. The first-order valence-electron chi connectivity index (χ1n) is 15.0. The third-order valence-electron chi connectivity index (χ3n) is 7.23. The average molecular weight is 607 g/mol. The van der Waals surface area contributed by atoms with E-state index in [0.29, 0.717) is 43.6 Å². The lowest BCUT2D eigenvalue weighted by Gasteiger charge is -2.48. The van der Waals surface area contributed by atoms with Gasteiger partial charge in [-0.25, -0.2) is 4.39 Å². The Labute approximate surface area is 253 Å². The third-order valence-corrected chi connectivity index (χ3v) is 7.23. The fraction of sp³-hybridized carbons (Fsp3) is 0.594. The number of carbonyl (C=O) groups excluding carboxylic acids is 2. The Balaban J connectivity index is 0.000000720. The topological polar surface area (TPSA) is 104 Å². The van der Waals surface area contributed by atoms with Crippen LogP contribution in [-0.2, 0) is 22.5 Å². The second kappa shape index (κ2) is 15.4. The third kappa shape index (κ3) is 9.09. The van der Waals surface area contributed by atoms with E-state index in [-0.39, 0.29) is 42.2 Å². The number of amides is 2. The summed E-state index contributed by atoms with van der Waals surface area (Å²) in [6.45, 7) is 14.6. The minimum atomic E-state index is -1.27. The molecule has 2 aliphatic rings. The largest absolute Gasteiger partial charge is 0.384 e. The van der Waals surface area contributed by atoms with Gasteiger partial charge >= 0.3 is 0 Å². The number of aryl methyl sites for hydroxylation is 1. The molecule has 0 unspecified atom stereocenters. The highest BCUT2D eigenvalue weighted by atomic mass is 19.1. The van der Waals surface area contributed by atoms with Crippen molar-refractivity contribution in [1.29, 1.82) is 0 Å². The van der Waals surface area contributed by atoms with E-state index >= 15 is 4.39 Å². The summed E-state index contributed by atoms with van der Waals surface area (Å²) in [5.41, 5.74) is -1.46. The van der Waals surface area contributed by atoms with Crippen LogP contribution in [-0.4, -0.2) is 76.3 Å². The van der Waals surface area contributed by atoms with Gasteiger partial charge in [-0.1, -0.05) is 33.3 Å². The van der Waals surface area contributed by atoms with Crippen LogP contribution in [0.1, 0.15) is 82.4 Å². The fourth-order valence-electron chi connectivity index (χ4n) is 4.82. The zero-order valence-electron chi connectivity index (χ0n) is 26.9. The Morgan fingerprint density at radius 1 is 1.23 bits per heavy atom. The lowest BCUT2D eigenvalue weighted by Crippen LogP contribution is -2.67. The Morgan fingerprint density at radius 3 is 2.40 bits per heavy atom. The summed E-state index contributed by atoms with van der Waals surface area (Å²) in [5, 5.41) is 13.5. The van der Waals surface area contributed by atoms with Crippen LogP contribution in [0.4, 0.5) is 20.2 Å². The summed E-state index contributed by atoms with van der Waals surface area (Å²) in [6, 6.07) is 4.34. The van der Waals surface area contributed by atoms with Crippen molar-refractivity contribution in [3.63, 3.8) is 0 Å². The molecule has 3 heterocycles. The number of hydrogen-bond donors (Lipinski definition) is 2. The van der Waals surface area contributed by atoms with E-state index in [0.717, 1.165) is 12.8 Å². The molecule has 0 spiro atoms. The SMILES string of the molecule is CC.CCCCN(C=O)CC1(O)CN(C(=O)c2c(Nc3ccc(C)cc3F)c(F)c(=O)n3c2CCC3)C1.COC(C)(C)C. The summed E-state index contributed by atoms with van der Waals surface area (Å²) in [5.74, 6) is -2.34. The normalized spacial score (nSPS) is 14.8. The molecule has 0 saturated carbocycles. The number of aliphatic hydroxyl groups is 1. The highest BCUT2D eigenvalue weighted by Gasteiger charge is 2.46. The number of halogens is 2. The minimum absolute atomic E-state index is 0.0279. The molecule has 43 heavy (non-hydrogen) atoms. The maximum atomic E-state index is 15.3. The van der Waals surface area contributed by atoms with Gasteiger partial charge in [0, 0.05) is 25.9 Å². The summed E-state index contributed by atoms with van der Waals surface area (Å²) < 4.78 is 36.0. The quantitative estimate of drug-likeness (QED) is 0.389. The molecule has 2 N–H and O–H groups in total. The molecule has 2 aliphatic heterocycles. The highest BCUT2D eigenvalue weighted by molar-refractivity contribution is 6.02. The van der Waals surface area contributed by atoms with Crippen molar-refractivity contribution < 1.29 is 28.2 Å². The van der Waals surface area contributed by atoms with Crippen molar-refractivity contribution >= 4 is 23.7 Å². The van der Waals surface area contributed by atoms with Crippen molar-refractivity contribution in [3.8, 4) is 0 Å². The van der Waals surface area contributed by atoms with E-state index in [1.54, 1.807) is 20.1 Å². The first kappa shape index (κ1) is 35.9. The Bertz CT molecular complexity index is 1320. The van der Waals surface area contributed by atoms with E-state index in [1.807, 2.05) is 41.5 Å². The van der Waals surface area contributed by atoms with Crippen LogP contribution in [0.3, 0.4) is 0 Å². The molecule has 2 amide bonds. The van der Waals surface area contributed by atoms with E-state index in [1.165, 1.54) is 26.5 Å². The first-order chi connectivity index (χ1) is 20.2. The number of β-amino-alcohol motifs (C(OH)–C–C–N with tert-alkyl or cyclic N) is 1. The number of nitrogens with zero attached hydrogens (tertiary/aromatic N) is 3. The standard InChI is InChI=1S/C25H30F2N4O4.C5H12O.C2H6/c1-3-4-9-29(15-32)12-25(35)13-30(14-25)23(33)20-19-6-5-10-31(19)24(34)21(27)22(20)28-18-8-7-16(2)11-17(18)26;1-5(2,3)6-4;1-2/h7-8,11,15,28,35H,3-6,9-10,12-14H2,1-2H3;1-4H3;1-2H3. The zero-order chi connectivity index (χ0) is 32.5. The number of fused-ring (bicyclic) bond motifs is 1. The summed E-state index contributed by atoms with van der Waals surface area (Å²) >= 11 is 0. The van der Waals surface area contributed by atoms with Gasteiger partial charge in [0.25, 0.3) is 11.5 Å². The van der Waals surface area contributed by atoms with E-state index in [4.69, 9.17) is 4.74 Å². The van der Waals surface area contributed by atoms with Crippen molar-refractivity contribution in [2.45, 2.75) is 91.9 Å². The number of benzene rings is 1. The van der Waals surface area contributed by atoms with Gasteiger partial charge in [-0.3, -0.25) is 14.4 Å². The van der Waals surface area contributed by atoms with Gasteiger partial charge in [-0.2, -0.15) is 4.39 Å². The number of aromatic nitrogens is 1. The maximum Gasteiger partial charge on any atom is 0.289 e. The van der Waals surface area contributed by atoms with Crippen molar-refractivity contribution in [3.05, 3.63) is 57.0 Å². The molecule has 0 aliphatic carbocycles. The summed E-state index contributed by atoms with van der Waals surface area (Å²) in [6.07, 6.45) is 3.35. The van der Waals surface area contributed by atoms with Gasteiger partial charge in [0.05, 0.1) is 42.2 Å². The van der Waals surface area contributed by atoms with Crippen LogP contribution >= 0.6 is 0 Å². The predicted molar refractivity (Wildman–Crippen MR) is 165 cm³/mol. The fourth-order valence-corrected chi connectivity index (χ4v) is 4.82. The summed E-state index contributed by atoms with van der Waals surface area (Å²) in [7, 11) is 1.71. The predicted octanol–water partition coefficient (Wildman–Crippen LogP) is 5.03. The zero-order valence-corrected chi connectivity index (χ0v) is 26.9. The lowest BCUT2D eigenvalue weighted by molar-refractivity contribution is -0.129. The molecule has 1 fully saturated rings. The molecule has 240 valence electrons. The van der Waals surface area contributed by atoms with Crippen LogP contribution in [0, 0.1) is 18.6 Å². The number of nitrogens with one attached hydrogen (secondary N) is 1. The maximum absolute atomic E-state index is 15.3. The smallest absolute Gasteiger partial charge is 0.289 e. The van der Waals surface area contributed by atoms with Crippen LogP contribution in [0.25, 0.3) is 0 Å². The van der Waals surface area contributed by atoms with E-state index < -0.39 is 28.7 Å². The van der Waals surface area contributed by atoms with Crippen molar-refractivity contribution in [2.24, 2.45) is 0 Å². The molecule has 0 atom stereocenters. The van der Waals surface area contributed by atoms with Gasteiger partial charge in [-0.15, -0.1) is 0 Å². The lowest BCUT2D eigenvalue weighted by atomic mass is 9.91. The van der Waals surface area contributed by atoms with Gasteiger partial charge in [0.1, 0.15) is 11.4 Å². The van der Waals surface area contributed by atoms with Crippen LogP contribution in [0.5, 0.6) is 0 Å². The minimum Gasteiger partial charge on any atom is -0.384 e.